The molecule has 5 heteroatoms. The molecule has 1 fully saturated rings. The predicted molar refractivity (Wildman–Crippen MR) is 72.3 cm³/mol. The maximum atomic E-state index is 14.0. The van der Waals surface area contributed by atoms with Crippen LogP contribution >= 0.6 is 0 Å². The monoisotopic (exact) mass is 266 g/mol. The summed E-state index contributed by atoms with van der Waals surface area (Å²) in [7, 11) is 2.07. The average molecular weight is 266 g/mol. The molecule has 2 unspecified atom stereocenters. The zero-order valence-corrected chi connectivity index (χ0v) is 11.4. The fraction of sp³-hybridized carbons (Fsp3) is 0.500. The van der Waals surface area contributed by atoms with E-state index in [0.717, 1.165) is 19.2 Å². The van der Waals surface area contributed by atoms with Crippen molar-refractivity contribution in [3.05, 3.63) is 29.6 Å². The molecule has 1 aliphatic heterocycles. The summed E-state index contributed by atoms with van der Waals surface area (Å²) in [6, 6.07) is 4.77. The van der Waals surface area contributed by atoms with Crippen LogP contribution in [-0.4, -0.2) is 48.2 Å². The third kappa shape index (κ3) is 2.71. The maximum absolute atomic E-state index is 14.0. The van der Waals surface area contributed by atoms with E-state index in [-0.39, 0.29) is 5.56 Å². The number of halogens is 1. The van der Waals surface area contributed by atoms with Gasteiger partial charge in [-0.1, -0.05) is 0 Å². The van der Waals surface area contributed by atoms with Crippen molar-refractivity contribution in [3.8, 4) is 0 Å². The standard InChI is InChI=1S/C14H19FN2O2/c1-9-7-17(8-10(2)16(9)3)13-5-4-11(14(18)19)6-12(13)15/h4-6,9-10H,7-8H2,1-3H3,(H,18,19). The number of carboxylic acids is 1. The molecule has 1 N–H and O–H groups in total. The van der Waals surface area contributed by atoms with Crippen LogP contribution in [0.1, 0.15) is 24.2 Å². The number of benzene rings is 1. The van der Waals surface area contributed by atoms with Crippen molar-refractivity contribution in [1.82, 2.24) is 4.90 Å². The number of hydrogen-bond acceptors (Lipinski definition) is 3. The lowest BCUT2D eigenvalue weighted by Crippen LogP contribution is -2.55. The molecule has 0 amide bonds. The second-order valence-electron chi connectivity index (χ2n) is 5.24. The number of carbonyl (C=O) groups is 1. The molecular weight excluding hydrogens is 247 g/mol. The quantitative estimate of drug-likeness (QED) is 0.889. The normalized spacial score (nSPS) is 24.5. The average Bonchev–Trinajstić information content (AvgIpc) is 2.35. The van der Waals surface area contributed by atoms with Gasteiger partial charge in [-0.25, -0.2) is 9.18 Å². The second-order valence-corrected chi connectivity index (χ2v) is 5.24. The van der Waals surface area contributed by atoms with E-state index in [9.17, 15) is 9.18 Å². The van der Waals surface area contributed by atoms with E-state index in [4.69, 9.17) is 5.11 Å². The Hall–Kier alpha value is -1.62. The molecule has 1 heterocycles. The van der Waals surface area contributed by atoms with Crippen molar-refractivity contribution in [1.29, 1.82) is 0 Å². The summed E-state index contributed by atoms with van der Waals surface area (Å²) < 4.78 is 14.0. The van der Waals surface area contributed by atoms with Gasteiger partial charge in [-0.15, -0.1) is 0 Å². The molecule has 1 aromatic carbocycles. The van der Waals surface area contributed by atoms with Gasteiger partial charge >= 0.3 is 5.97 Å². The van der Waals surface area contributed by atoms with E-state index >= 15 is 0 Å². The molecular formula is C14H19FN2O2. The van der Waals surface area contributed by atoms with Crippen molar-refractivity contribution < 1.29 is 14.3 Å². The lowest BCUT2D eigenvalue weighted by atomic mass is 10.1. The molecule has 0 aliphatic carbocycles. The molecule has 2 atom stereocenters. The Morgan fingerprint density at radius 2 is 1.89 bits per heavy atom. The summed E-state index contributed by atoms with van der Waals surface area (Å²) in [4.78, 5) is 15.0. The van der Waals surface area contributed by atoms with E-state index in [0.29, 0.717) is 17.8 Å². The van der Waals surface area contributed by atoms with Crippen molar-refractivity contribution in [3.63, 3.8) is 0 Å². The highest BCUT2D eigenvalue weighted by Crippen LogP contribution is 2.25. The van der Waals surface area contributed by atoms with Crippen LogP contribution in [0.4, 0.5) is 10.1 Å². The van der Waals surface area contributed by atoms with Crippen molar-refractivity contribution in [2.24, 2.45) is 0 Å². The van der Waals surface area contributed by atoms with Gasteiger partial charge in [-0.2, -0.15) is 0 Å². The highest BCUT2D eigenvalue weighted by atomic mass is 19.1. The van der Waals surface area contributed by atoms with Gasteiger partial charge in [0.15, 0.2) is 0 Å². The molecule has 0 saturated carbocycles. The van der Waals surface area contributed by atoms with Gasteiger partial charge in [0, 0.05) is 25.2 Å². The van der Waals surface area contributed by atoms with Gasteiger partial charge in [0.2, 0.25) is 0 Å². The van der Waals surface area contributed by atoms with Gasteiger partial charge in [0.05, 0.1) is 11.3 Å². The van der Waals surface area contributed by atoms with Crippen molar-refractivity contribution in [2.45, 2.75) is 25.9 Å². The minimum atomic E-state index is -1.11. The number of anilines is 1. The van der Waals surface area contributed by atoms with Crippen molar-refractivity contribution in [2.75, 3.05) is 25.0 Å². The second kappa shape index (κ2) is 5.17. The summed E-state index contributed by atoms with van der Waals surface area (Å²) in [5.41, 5.74) is 0.466. The van der Waals surface area contributed by atoms with Crippen LogP contribution in [0.2, 0.25) is 0 Å². The molecule has 1 aromatic rings. The molecule has 104 valence electrons. The Balaban J connectivity index is 2.25. The van der Waals surface area contributed by atoms with Crippen LogP contribution in [0, 0.1) is 5.82 Å². The van der Waals surface area contributed by atoms with Crippen LogP contribution in [0.3, 0.4) is 0 Å². The first kappa shape index (κ1) is 13.8. The molecule has 0 aromatic heterocycles. The Labute approximate surface area is 112 Å². The van der Waals surface area contributed by atoms with E-state index in [1.54, 1.807) is 6.07 Å². The summed E-state index contributed by atoms with van der Waals surface area (Å²) in [5, 5.41) is 8.84. The Bertz CT molecular complexity index is 480. The van der Waals surface area contributed by atoms with Crippen LogP contribution in [-0.2, 0) is 0 Å². The fourth-order valence-corrected chi connectivity index (χ4v) is 2.50. The first-order valence-electron chi connectivity index (χ1n) is 6.40. The number of piperazine rings is 1. The number of carboxylic acid groups (broad SMARTS) is 1. The molecule has 0 spiro atoms. The highest BCUT2D eigenvalue weighted by Gasteiger charge is 2.28. The molecule has 2 rings (SSSR count). The van der Waals surface area contributed by atoms with Crippen LogP contribution in [0.15, 0.2) is 18.2 Å². The zero-order valence-electron chi connectivity index (χ0n) is 11.4. The van der Waals surface area contributed by atoms with Crippen LogP contribution in [0.5, 0.6) is 0 Å². The predicted octanol–water partition coefficient (Wildman–Crippen LogP) is 2.05. The molecule has 4 nitrogen and oxygen atoms in total. The molecule has 0 radical (unpaired) electrons. The van der Waals surface area contributed by atoms with Gasteiger partial charge in [0.1, 0.15) is 5.82 Å². The van der Waals surface area contributed by atoms with Crippen molar-refractivity contribution >= 4 is 11.7 Å². The van der Waals surface area contributed by atoms with Gasteiger partial charge < -0.3 is 10.0 Å². The molecule has 1 saturated heterocycles. The summed E-state index contributed by atoms with van der Waals surface area (Å²) in [6.45, 7) is 5.69. The minimum Gasteiger partial charge on any atom is -0.478 e. The topological polar surface area (TPSA) is 43.8 Å². The number of rotatable bonds is 2. The lowest BCUT2D eigenvalue weighted by Gasteiger charge is -2.43. The minimum absolute atomic E-state index is 0.0172. The third-order valence-electron chi connectivity index (χ3n) is 3.90. The van der Waals surface area contributed by atoms with Gasteiger partial charge in [-0.05, 0) is 39.1 Å². The number of nitrogens with zero attached hydrogens (tertiary/aromatic N) is 2. The smallest absolute Gasteiger partial charge is 0.335 e. The zero-order chi connectivity index (χ0) is 14.2. The number of hydrogen-bond donors (Lipinski definition) is 1. The summed E-state index contributed by atoms with van der Waals surface area (Å²) in [5.74, 6) is -1.57. The Morgan fingerprint density at radius 3 is 2.37 bits per heavy atom. The van der Waals surface area contributed by atoms with E-state index < -0.39 is 11.8 Å². The number of likely N-dealkylation sites (N-methyl/N-ethyl adjacent to an activating group) is 1. The molecule has 1 aliphatic rings. The summed E-state index contributed by atoms with van der Waals surface area (Å²) in [6.07, 6.45) is 0. The lowest BCUT2D eigenvalue weighted by molar-refractivity contribution is 0.0696. The van der Waals surface area contributed by atoms with E-state index in [1.807, 2.05) is 4.90 Å². The van der Waals surface area contributed by atoms with Crippen LogP contribution < -0.4 is 4.90 Å². The summed E-state index contributed by atoms with van der Waals surface area (Å²) >= 11 is 0. The van der Waals surface area contributed by atoms with E-state index in [2.05, 4.69) is 25.8 Å². The number of aromatic carboxylic acids is 1. The SMILES string of the molecule is CC1CN(c2ccc(C(=O)O)cc2F)CC(C)N1C. The third-order valence-corrected chi connectivity index (χ3v) is 3.90. The van der Waals surface area contributed by atoms with Gasteiger partial charge in [0.25, 0.3) is 0 Å². The van der Waals surface area contributed by atoms with Gasteiger partial charge in [-0.3, -0.25) is 4.90 Å². The fourth-order valence-electron chi connectivity index (χ4n) is 2.50. The molecule has 19 heavy (non-hydrogen) atoms. The maximum Gasteiger partial charge on any atom is 0.335 e. The highest BCUT2D eigenvalue weighted by molar-refractivity contribution is 5.88. The van der Waals surface area contributed by atoms with Crippen LogP contribution in [0.25, 0.3) is 0 Å². The Kier molecular flexibility index (Phi) is 3.75. The largest absolute Gasteiger partial charge is 0.478 e. The first-order valence-corrected chi connectivity index (χ1v) is 6.40. The Morgan fingerprint density at radius 1 is 1.32 bits per heavy atom. The van der Waals surface area contributed by atoms with E-state index in [1.165, 1.54) is 6.07 Å². The molecule has 0 bridgehead atoms. The first-order chi connectivity index (χ1) is 8.90.